The van der Waals surface area contributed by atoms with Crippen LogP contribution in [-0.2, 0) is 10.0 Å². The molecule has 0 aliphatic heterocycles. The zero-order chi connectivity index (χ0) is 18.5. The molecule has 1 N–H and O–H groups in total. The van der Waals surface area contributed by atoms with Crippen LogP contribution in [0.5, 0.6) is 0 Å². The summed E-state index contributed by atoms with van der Waals surface area (Å²) in [7, 11) is -0.616. The first kappa shape index (κ1) is 21.3. The maximum absolute atomic E-state index is 12.4. The molecule has 1 aromatic carbocycles. The van der Waals surface area contributed by atoms with E-state index in [0.29, 0.717) is 18.2 Å². The van der Waals surface area contributed by atoms with Crippen molar-refractivity contribution in [2.24, 2.45) is 0 Å². The Kier molecular flexibility index (Phi) is 8.10. The fourth-order valence-electron chi connectivity index (χ4n) is 2.24. The SMILES string of the molecule is CCN(CCNC(=O)c1cc(S(=O)(=O)N(C)C)ccc1I)C(C)C. The van der Waals surface area contributed by atoms with Gasteiger partial charge in [0.1, 0.15) is 0 Å². The Morgan fingerprint density at radius 1 is 1.29 bits per heavy atom. The highest BCUT2D eigenvalue weighted by atomic mass is 127. The van der Waals surface area contributed by atoms with Crippen LogP contribution >= 0.6 is 22.6 Å². The number of hydrogen-bond donors (Lipinski definition) is 1. The minimum absolute atomic E-state index is 0.121. The van der Waals surface area contributed by atoms with Crippen LogP contribution in [0.4, 0.5) is 0 Å². The molecule has 1 rings (SSSR count). The van der Waals surface area contributed by atoms with E-state index in [1.165, 1.54) is 26.2 Å². The van der Waals surface area contributed by atoms with Gasteiger partial charge in [-0.25, -0.2) is 12.7 Å². The number of rotatable bonds is 8. The van der Waals surface area contributed by atoms with E-state index in [4.69, 9.17) is 0 Å². The molecule has 1 aromatic rings. The molecule has 0 heterocycles. The number of benzene rings is 1. The summed E-state index contributed by atoms with van der Waals surface area (Å²) in [5.74, 6) is -0.255. The molecule has 24 heavy (non-hydrogen) atoms. The molecule has 0 saturated heterocycles. The van der Waals surface area contributed by atoms with Gasteiger partial charge >= 0.3 is 0 Å². The van der Waals surface area contributed by atoms with Crippen molar-refractivity contribution in [3.8, 4) is 0 Å². The summed E-state index contributed by atoms with van der Waals surface area (Å²) in [6.45, 7) is 8.51. The molecule has 0 spiro atoms. The molecule has 0 aromatic heterocycles. The van der Waals surface area contributed by atoms with E-state index in [0.717, 1.165) is 21.0 Å². The fourth-order valence-corrected chi connectivity index (χ4v) is 3.75. The van der Waals surface area contributed by atoms with E-state index in [1.807, 2.05) is 22.6 Å². The maximum atomic E-state index is 12.4. The van der Waals surface area contributed by atoms with E-state index in [1.54, 1.807) is 6.07 Å². The van der Waals surface area contributed by atoms with Crippen LogP contribution in [-0.4, -0.2) is 63.3 Å². The van der Waals surface area contributed by atoms with Crippen molar-refractivity contribution in [1.82, 2.24) is 14.5 Å². The number of hydrogen-bond acceptors (Lipinski definition) is 4. The van der Waals surface area contributed by atoms with E-state index < -0.39 is 10.0 Å². The smallest absolute Gasteiger partial charge is 0.252 e. The van der Waals surface area contributed by atoms with Crippen LogP contribution in [0.2, 0.25) is 0 Å². The predicted octanol–water partition coefficient (Wildman–Crippen LogP) is 2.00. The van der Waals surface area contributed by atoms with Crippen molar-refractivity contribution in [1.29, 1.82) is 0 Å². The van der Waals surface area contributed by atoms with E-state index >= 15 is 0 Å². The van der Waals surface area contributed by atoms with E-state index in [2.05, 4.69) is 31.0 Å². The van der Waals surface area contributed by atoms with Crippen LogP contribution in [0.15, 0.2) is 23.1 Å². The Balaban J connectivity index is 2.88. The third-order valence-electron chi connectivity index (χ3n) is 3.78. The van der Waals surface area contributed by atoms with Gasteiger partial charge in [0.25, 0.3) is 5.91 Å². The first-order valence-electron chi connectivity index (χ1n) is 7.85. The lowest BCUT2D eigenvalue weighted by atomic mass is 10.2. The van der Waals surface area contributed by atoms with Gasteiger partial charge in [0.05, 0.1) is 10.5 Å². The van der Waals surface area contributed by atoms with E-state index in [9.17, 15) is 13.2 Å². The first-order valence-corrected chi connectivity index (χ1v) is 10.4. The number of sulfonamides is 1. The number of nitrogens with one attached hydrogen (secondary N) is 1. The summed E-state index contributed by atoms with van der Waals surface area (Å²) in [6.07, 6.45) is 0. The lowest BCUT2D eigenvalue weighted by Crippen LogP contribution is -2.38. The van der Waals surface area contributed by atoms with Gasteiger partial charge in [-0.1, -0.05) is 6.92 Å². The molecule has 0 atom stereocenters. The Bertz CT molecular complexity index is 675. The van der Waals surface area contributed by atoms with Crippen LogP contribution in [0, 0.1) is 3.57 Å². The Labute approximate surface area is 158 Å². The average Bonchev–Trinajstić information content (AvgIpc) is 2.50. The third kappa shape index (κ3) is 5.40. The van der Waals surface area contributed by atoms with Crippen molar-refractivity contribution in [3.63, 3.8) is 0 Å². The first-order chi connectivity index (χ1) is 11.1. The number of carbonyl (C=O) groups is 1. The maximum Gasteiger partial charge on any atom is 0.252 e. The van der Waals surface area contributed by atoms with Crippen molar-refractivity contribution in [2.45, 2.75) is 31.7 Å². The van der Waals surface area contributed by atoms with Gasteiger partial charge in [-0.3, -0.25) is 9.69 Å². The number of carbonyl (C=O) groups excluding carboxylic acids is 1. The summed E-state index contributed by atoms with van der Waals surface area (Å²) >= 11 is 2.04. The highest BCUT2D eigenvalue weighted by Crippen LogP contribution is 2.20. The topological polar surface area (TPSA) is 69.7 Å². The molecule has 8 heteroatoms. The summed E-state index contributed by atoms with van der Waals surface area (Å²) in [4.78, 5) is 14.8. The van der Waals surface area contributed by atoms with E-state index in [-0.39, 0.29) is 10.8 Å². The van der Waals surface area contributed by atoms with Crippen molar-refractivity contribution >= 4 is 38.5 Å². The second-order valence-electron chi connectivity index (χ2n) is 5.91. The molecular formula is C16H26IN3O3S. The summed E-state index contributed by atoms with van der Waals surface area (Å²) < 4.78 is 26.3. The van der Waals surface area contributed by atoms with Gasteiger partial charge in [0.15, 0.2) is 0 Å². The normalized spacial score (nSPS) is 12.2. The van der Waals surface area contributed by atoms with Crippen LogP contribution in [0.25, 0.3) is 0 Å². The lowest BCUT2D eigenvalue weighted by Gasteiger charge is -2.24. The molecule has 6 nitrogen and oxygen atoms in total. The van der Waals surface area contributed by atoms with Crippen LogP contribution in [0.3, 0.4) is 0 Å². The van der Waals surface area contributed by atoms with Crippen molar-refractivity contribution in [3.05, 3.63) is 27.3 Å². The van der Waals surface area contributed by atoms with Crippen molar-refractivity contribution in [2.75, 3.05) is 33.7 Å². The molecule has 0 saturated carbocycles. The Hall–Kier alpha value is -0.710. The number of nitrogens with zero attached hydrogens (tertiary/aromatic N) is 2. The predicted molar refractivity (Wildman–Crippen MR) is 105 cm³/mol. The van der Waals surface area contributed by atoms with Gasteiger partial charge in [-0.05, 0) is 61.2 Å². The monoisotopic (exact) mass is 467 g/mol. The highest BCUT2D eigenvalue weighted by Gasteiger charge is 2.20. The quantitative estimate of drug-likeness (QED) is 0.594. The van der Waals surface area contributed by atoms with Crippen LogP contribution in [0.1, 0.15) is 31.1 Å². The third-order valence-corrected chi connectivity index (χ3v) is 6.53. The minimum atomic E-state index is -3.56. The van der Waals surface area contributed by atoms with Gasteiger partial charge < -0.3 is 5.32 Å². The summed E-state index contributed by atoms with van der Waals surface area (Å²) in [5.41, 5.74) is 0.381. The number of halogens is 1. The molecule has 136 valence electrons. The average molecular weight is 467 g/mol. The standard InChI is InChI=1S/C16H26IN3O3S/c1-6-20(12(2)3)10-9-18-16(21)14-11-13(7-8-15(14)17)24(22,23)19(4)5/h7-8,11-12H,6,9-10H2,1-5H3,(H,18,21). The largest absolute Gasteiger partial charge is 0.351 e. The second kappa shape index (κ2) is 9.12. The molecular weight excluding hydrogens is 441 g/mol. The summed E-state index contributed by atoms with van der Waals surface area (Å²) in [6, 6.07) is 5.02. The van der Waals surface area contributed by atoms with Gasteiger partial charge in [0, 0.05) is 36.8 Å². The number of amides is 1. The molecule has 0 aliphatic carbocycles. The molecule has 0 bridgehead atoms. The Morgan fingerprint density at radius 3 is 2.42 bits per heavy atom. The zero-order valence-electron chi connectivity index (χ0n) is 14.8. The van der Waals surface area contributed by atoms with Gasteiger partial charge in [-0.15, -0.1) is 0 Å². The number of likely N-dealkylation sites (N-methyl/N-ethyl adjacent to an activating group) is 1. The molecule has 0 aliphatic rings. The second-order valence-corrected chi connectivity index (χ2v) is 9.22. The molecule has 1 amide bonds. The molecule has 0 radical (unpaired) electrons. The van der Waals surface area contributed by atoms with Crippen LogP contribution < -0.4 is 5.32 Å². The lowest BCUT2D eigenvalue weighted by molar-refractivity contribution is 0.0944. The zero-order valence-corrected chi connectivity index (χ0v) is 17.8. The summed E-state index contributed by atoms with van der Waals surface area (Å²) in [5, 5.41) is 2.87. The Morgan fingerprint density at radius 2 is 1.92 bits per heavy atom. The molecule has 0 unspecified atom stereocenters. The van der Waals surface area contributed by atoms with Gasteiger partial charge in [0.2, 0.25) is 10.0 Å². The fraction of sp³-hybridized carbons (Fsp3) is 0.562. The van der Waals surface area contributed by atoms with Crippen molar-refractivity contribution < 1.29 is 13.2 Å². The highest BCUT2D eigenvalue weighted by molar-refractivity contribution is 14.1. The van der Waals surface area contributed by atoms with Gasteiger partial charge in [-0.2, -0.15) is 0 Å². The minimum Gasteiger partial charge on any atom is -0.351 e. The molecule has 0 fully saturated rings.